The van der Waals surface area contributed by atoms with E-state index in [1.54, 1.807) is 30.2 Å². The summed E-state index contributed by atoms with van der Waals surface area (Å²) < 4.78 is 0. The summed E-state index contributed by atoms with van der Waals surface area (Å²) in [5.74, 6) is -0.152. The molecule has 3 aromatic heterocycles. The van der Waals surface area contributed by atoms with E-state index in [2.05, 4.69) is 20.3 Å². The van der Waals surface area contributed by atoms with Gasteiger partial charge in [-0.05, 0) is 36.2 Å². The minimum absolute atomic E-state index is 0.152. The summed E-state index contributed by atoms with van der Waals surface area (Å²) in [6.07, 6.45) is 7.72. The third kappa shape index (κ3) is 3.53. The van der Waals surface area contributed by atoms with Gasteiger partial charge in [0.25, 0.3) is 5.91 Å². The van der Waals surface area contributed by atoms with Crippen LogP contribution in [0, 0.1) is 0 Å². The molecule has 0 saturated heterocycles. The van der Waals surface area contributed by atoms with Crippen LogP contribution in [-0.2, 0) is 6.42 Å². The zero-order valence-electron chi connectivity index (χ0n) is 11.8. The summed E-state index contributed by atoms with van der Waals surface area (Å²) in [6.45, 7) is 0.572. The molecule has 0 radical (unpaired) electrons. The molecule has 0 aliphatic rings. The number of nitrogens with one attached hydrogen (secondary N) is 1. The molecule has 3 rings (SSSR count). The lowest BCUT2D eigenvalue weighted by molar-refractivity contribution is 0.0950. The predicted octanol–water partition coefficient (Wildman–Crippen LogP) is 2.57. The fourth-order valence-electron chi connectivity index (χ4n) is 1.96. The van der Waals surface area contributed by atoms with Crippen LogP contribution in [0.15, 0.2) is 54.4 Å². The van der Waals surface area contributed by atoms with Crippen molar-refractivity contribution in [1.29, 1.82) is 0 Å². The second kappa shape index (κ2) is 6.91. The van der Waals surface area contributed by atoms with Crippen LogP contribution in [0.3, 0.4) is 0 Å². The van der Waals surface area contributed by atoms with Gasteiger partial charge in [0.05, 0.1) is 0 Å². The Hall–Kier alpha value is -2.60. The number of aromatic nitrogens is 3. The van der Waals surface area contributed by atoms with Crippen LogP contribution in [0.5, 0.6) is 0 Å². The lowest BCUT2D eigenvalue weighted by Gasteiger charge is -2.03. The predicted molar refractivity (Wildman–Crippen MR) is 85.6 cm³/mol. The third-order valence-electron chi connectivity index (χ3n) is 3.09. The topological polar surface area (TPSA) is 67.8 Å². The van der Waals surface area contributed by atoms with E-state index in [0.29, 0.717) is 12.2 Å². The van der Waals surface area contributed by atoms with E-state index in [0.717, 1.165) is 22.6 Å². The summed E-state index contributed by atoms with van der Waals surface area (Å²) in [5.41, 5.74) is 2.51. The Morgan fingerprint density at radius 2 is 2.00 bits per heavy atom. The van der Waals surface area contributed by atoms with Gasteiger partial charge in [0, 0.05) is 42.3 Å². The molecule has 0 saturated carbocycles. The van der Waals surface area contributed by atoms with E-state index in [-0.39, 0.29) is 5.91 Å². The van der Waals surface area contributed by atoms with Crippen molar-refractivity contribution in [2.75, 3.05) is 6.54 Å². The van der Waals surface area contributed by atoms with Crippen molar-refractivity contribution < 1.29 is 4.79 Å². The lowest BCUT2D eigenvalue weighted by atomic mass is 10.2. The standard InChI is InChI=1S/C16H14N4OS/c21-15(19-9-5-12-3-7-17-8-4-12)14-11-22-16(20-14)13-2-1-6-18-10-13/h1-4,6-8,10-11H,5,9H2,(H,19,21). The lowest BCUT2D eigenvalue weighted by Crippen LogP contribution is -2.25. The molecule has 1 N–H and O–H groups in total. The van der Waals surface area contributed by atoms with Gasteiger partial charge in [-0.2, -0.15) is 0 Å². The van der Waals surface area contributed by atoms with Gasteiger partial charge in [-0.1, -0.05) is 0 Å². The number of hydrogen-bond donors (Lipinski definition) is 1. The van der Waals surface area contributed by atoms with E-state index < -0.39 is 0 Å². The molecule has 0 fully saturated rings. The maximum Gasteiger partial charge on any atom is 0.270 e. The van der Waals surface area contributed by atoms with Crippen molar-refractivity contribution in [3.05, 3.63) is 65.7 Å². The van der Waals surface area contributed by atoms with Crippen LogP contribution >= 0.6 is 11.3 Å². The molecule has 3 heterocycles. The number of pyridine rings is 2. The van der Waals surface area contributed by atoms with Crippen molar-refractivity contribution in [2.24, 2.45) is 0 Å². The van der Waals surface area contributed by atoms with E-state index >= 15 is 0 Å². The Kier molecular flexibility index (Phi) is 4.50. The first-order valence-electron chi connectivity index (χ1n) is 6.86. The third-order valence-corrected chi connectivity index (χ3v) is 3.99. The second-order valence-electron chi connectivity index (χ2n) is 4.64. The molecule has 0 unspecified atom stereocenters. The molecule has 22 heavy (non-hydrogen) atoms. The van der Waals surface area contributed by atoms with Crippen molar-refractivity contribution in [3.8, 4) is 10.6 Å². The number of carbonyl (C=O) groups is 1. The SMILES string of the molecule is O=C(NCCc1ccncc1)c1csc(-c2cccnc2)n1. The Labute approximate surface area is 132 Å². The highest BCUT2D eigenvalue weighted by atomic mass is 32.1. The van der Waals surface area contributed by atoms with E-state index in [1.807, 2.05) is 24.3 Å². The molecule has 1 amide bonds. The van der Waals surface area contributed by atoms with Crippen LogP contribution in [0.25, 0.3) is 10.6 Å². The Balaban J connectivity index is 1.58. The number of carbonyl (C=O) groups excluding carboxylic acids is 1. The largest absolute Gasteiger partial charge is 0.350 e. The van der Waals surface area contributed by atoms with Gasteiger partial charge >= 0.3 is 0 Å². The Morgan fingerprint density at radius 1 is 1.14 bits per heavy atom. The quantitative estimate of drug-likeness (QED) is 0.786. The summed E-state index contributed by atoms with van der Waals surface area (Å²) >= 11 is 1.44. The summed E-state index contributed by atoms with van der Waals surface area (Å²) in [6, 6.07) is 7.66. The number of rotatable bonds is 5. The normalized spacial score (nSPS) is 10.4. The molecule has 0 spiro atoms. The molecular weight excluding hydrogens is 296 g/mol. The maximum atomic E-state index is 12.1. The van der Waals surface area contributed by atoms with Gasteiger partial charge in [0.1, 0.15) is 10.7 Å². The first-order valence-corrected chi connectivity index (χ1v) is 7.74. The first kappa shape index (κ1) is 14.3. The molecule has 0 bridgehead atoms. The van der Waals surface area contributed by atoms with E-state index in [9.17, 15) is 4.79 Å². The smallest absolute Gasteiger partial charge is 0.270 e. The van der Waals surface area contributed by atoms with Crippen molar-refractivity contribution in [1.82, 2.24) is 20.3 Å². The average Bonchev–Trinajstić information content (AvgIpc) is 3.07. The van der Waals surface area contributed by atoms with Gasteiger partial charge in [0.2, 0.25) is 0 Å². The second-order valence-corrected chi connectivity index (χ2v) is 5.50. The molecule has 0 aromatic carbocycles. The molecule has 110 valence electrons. The molecule has 0 atom stereocenters. The number of amides is 1. The molecular formula is C16H14N4OS. The minimum atomic E-state index is -0.152. The number of hydrogen-bond acceptors (Lipinski definition) is 5. The van der Waals surface area contributed by atoms with Crippen LogP contribution in [0.2, 0.25) is 0 Å². The highest BCUT2D eigenvalue weighted by molar-refractivity contribution is 7.13. The highest BCUT2D eigenvalue weighted by Crippen LogP contribution is 2.22. The van der Waals surface area contributed by atoms with Crippen LogP contribution < -0.4 is 5.32 Å². The van der Waals surface area contributed by atoms with Crippen molar-refractivity contribution >= 4 is 17.2 Å². The van der Waals surface area contributed by atoms with Crippen molar-refractivity contribution in [3.63, 3.8) is 0 Å². The van der Waals surface area contributed by atoms with Gasteiger partial charge in [-0.15, -0.1) is 11.3 Å². The summed E-state index contributed by atoms with van der Waals surface area (Å²) in [7, 11) is 0. The molecule has 0 aliphatic carbocycles. The number of thiazole rings is 1. The fraction of sp³-hybridized carbons (Fsp3) is 0.125. The number of nitrogens with zero attached hydrogens (tertiary/aromatic N) is 3. The Bertz CT molecular complexity index is 743. The first-order chi connectivity index (χ1) is 10.8. The maximum absolute atomic E-state index is 12.1. The van der Waals surface area contributed by atoms with Crippen molar-refractivity contribution in [2.45, 2.75) is 6.42 Å². The molecule has 6 heteroatoms. The van der Waals surface area contributed by atoms with Crippen LogP contribution in [0.4, 0.5) is 0 Å². The summed E-state index contributed by atoms with van der Waals surface area (Å²) in [4.78, 5) is 24.5. The van der Waals surface area contributed by atoms with Gasteiger partial charge < -0.3 is 5.32 Å². The van der Waals surface area contributed by atoms with E-state index in [4.69, 9.17) is 0 Å². The van der Waals surface area contributed by atoms with Gasteiger partial charge in [0.15, 0.2) is 0 Å². The molecule has 0 aliphatic heterocycles. The fourth-order valence-corrected chi connectivity index (χ4v) is 2.75. The minimum Gasteiger partial charge on any atom is -0.350 e. The van der Waals surface area contributed by atoms with Gasteiger partial charge in [-0.25, -0.2) is 4.98 Å². The molecule has 5 nitrogen and oxygen atoms in total. The monoisotopic (exact) mass is 310 g/mol. The van der Waals surface area contributed by atoms with Crippen LogP contribution in [0.1, 0.15) is 16.1 Å². The zero-order chi connectivity index (χ0) is 15.2. The zero-order valence-corrected chi connectivity index (χ0v) is 12.6. The molecule has 3 aromatic rings. The average molecular weight is 310 g/mol. The summed E-state index contributed by atoms with van der Waals surface area (Å²) in [5, 5.41) is 5.45. The van der Waals surface area contributed by atoms with Gasteiger partial charge in [-0.3, -0.25) is 14.8 Å². The van der Waals surface area contributed by atoms with E-state index in [1.165, 1.54) is 11.3 Å². The highest BCUT2D eigenvalue weighted by Gasteiger charge is 2.11. The Morgan fingerprint density at radius 3 is 2.77 bits per heavy atom. The van der Waals surface area contributed by atoms with Crippen LogP contribution in [-0.4, -0.2) is 27.4 Å².